The highest BCUT2D eigenvalue weighted by Crippen LogP contribution is 2.20. The van der Waals surface area contributed by atoms with Gasteiger partial charge in [-0.1, -0.05) is 30.3 Å². The summed E-state index contributed by atoms with van der Waals surface area (Å²) in [5.74, 6) is 0.0691. The Bertz CT molecular complexity index is 1060. The zero-order chi connectivity index (χ0) is 20.2. The number of carbonyl (C=O) groups is 1. The number of benzene rings is 1. The van der Waals surface area contributed by atoms with E-state index in [9.17, 15) is 9.59 Å². The minimum atomic E-state index is -0.436. The van der Waals surface area contributed by atoms with Crippen molar-refractivity contribution in [3.8, 4) is 0 Å². The molecule has 1 aromatic carbocycles. The fourth-order valence-corrected chi connectivity index (χ4v) is 3.74. The molecule has 0 saturated carbocycles. The lowest BCUT2D eigenvalue weighted by Gasteiger charge is -2.21. The van der Waals surface area contributed by atoms with E-state index in [1.165, 1.54) is 21.8 Å². The molecule has 29 heavy (non-hydrogen) atoms. The molecule has 1 aliphatic heterocycles. The van der Waals surface area contributed by atoms with Crippen LogP contribution in [0.5, 0.6) is 0 Å². The fourth-order valence-electron chi connectivity index (χ4n) is 3.74. The van der Waals surface area contributed by atoms with Gasteiger partial charge in [0.1, 0.15) is 11.4 Å². The van der Waals surface area contributed by atoms with Crippen molar-refractivity contribution < 1.29 is 4.79 Å². The first-order chi connectivity index (χ1) is 14.1. The Balaban J connectivity index is 1.50. The first-order valence-corrected chi connectivity index (χ1v) is 9.82. The molecule has 0 spiro atoms. The van der Waals surface area contributed by atoms with Gasteiger partial charge in [-0.05, 0) is 42.2 Å². The average molecular weight is 388 g/mol. The molecular weight excluding hydrogens is 364 g/mol. The molecule has 0 radical (unpaired) electrons. The lowest BCUT2D eigenvalue weighted by Crippen LogP contribution is -2.29. The van der Waals surface area contributed by atoms with E-state index < -0.39 is 5.91 Å². The largest absolute Gasteiger partial charge is 0.318 e. The molecule has 6 nitrogen and oxygen atoms in total. The molecule has 2 aromatic heterocycles. The van der Waals surface area contributed by atoms with E-state index in [4.69, 9.17) is 0 Å². The third kappa shape index (κ3) is 4.27. The molecule has 4 rings (SSSR count). The molecule has 0 unspecified atom stereocenters. The predicted molar refractivity (Wildman–Crippen MR) is 113 cm³/mol. The number of aryl methyl sites for hydroxylation is 1. The quantitative estimate of drug-likeness (QED) is 0.746. The summed E-state index contributed by atoms with van der Waals surface area (Å²) in [5, 5.41) is 2.83. The van der Waals surface area contributed by atoms with Crippen molar-refractivity contribution in [2.24, 2.45) is 7.05 Å². The van der Waals surface area contributed by atoms with Crippen LogP contribution in [-0.4, -0.2) is 33.4 Å². The third-order valence-electron chi connectivity index (χ3n) is 5.40. The molecule has 0 fully saturated rings. The van der Waals surface area contributed by atoms with Crippen LogP contribution in [0.4, 0.5) is 5.82 Å². The van der Waals surface area contributed by atoms with Crippen molar-refractivity contribution >= 4 is 11.7 Å². The van der Waals surface area contributed by atoms with E-state index in [2.05, 4.69) is 39.5 Å². The van der Waals surface area contributed by atoms with E-state index >= 15 is 0 Å². The molecule has 0 saturated heterocycles. The van der Waals surface area contributed by atoms with E-state index in [0.717, 1.165) is 31.5 Å². The van der Waals surface area contributed by atoms with Gasteiger partial charge in [0.25, 0.3) is 11.5 Å². The van der Waals surface area contributed by atoms with Crippen LogP contribution in [0.1, 0.15) is 27.0 Å². The summed E-state index contributed by atoms with van der Waals surface area (Å²) < 4.78 is 1.39. The number of nitrogens with one attached hydrogen (secondary N) is 1. The van der Waals surface area contributed by atoms with Crippen LogP contribution in [0, 0.1) is 0 Å². The summed E-state index contributed by atoms with van der Waals surface area (Å²) in [6.07, 6.45) is 5.31. The van der Waals surface area contributed by atoms with Crippen molar-refractivity contribution in [1.82, 2.24) is 14.5 Å². The Kier molecular flexibility index (Phi) is 5.53. The zero-order valence-corrected chi connectivity index (χ0v) is 16.5. The predicted octanol–water partition coefficient (Wildman–Crippen LogP) is 2.63. The van der Waals surface area contributed by atoms with Crippen molar-refractivity contribution in [1.29, 1.82) is 0 Å². The topological polar surface area (TPSA) is 67.2 Å². The standard InChI is InChI=1S/C23H24N4O2/c1-26-13-5-9-20(23(26)29)22(28)25-21-19(8-4-12-24-21)16-27-14-10-17-6-2-3-7-18(17)11-15-27/h2-9,12-13H,10-11,14-16H2,1H3,(H,24,25,28). The van der Waals surface area contributed by atoms with Gasteiger partial charge >= 0.3 is 0 Å². The molecular formula is C23H24N4O2. The second-order valence-corrected chi connectivity index (χ2v) is 7.35. The number of hydrogen-bond donors (Lipinski definition) is 1. The summed E-state index contributed by atoms with van der Waals surface area (Å²) in [4.78, 5) is 31.6. The summed E-state index contributed by atoms with van der Waals surface area (Å²) in [6.45, 7) is 2.61. The highest BCUT2D eigenvalue weighted by Gasteiger charge is 2.17. The normalized spacial score (nSPS) is 14.1. The van der Waals surface area contributed by atoms with E-state index in [1.807, 2.05) is 12.1 Å². The molecule has 1 aliphatic rings. The number of anilines is 1. The summed E-state index contributed by atoms with van der Waals surface area (Å²) >= 11 is 0. The average Bonchev–Trinajstić information content (AvgIpc) is 2.94. The zero-order valence-electron chi connectivity index (χ0n) is 16.5. The Labute approximate surface area is 169 Å². The van der Waals surface area contributed by atoms with Gasteiger partial charge in [-0.15, -0.1) is 0 Å². The number of aromatic nitrogens is 2. The molecule has 1 amide bonds. The maximum Gasteiger partial charge on any atom is 0.263 e. The lowest BCUT2D eigenvalue weighted by atomic mass is 10.0. The van der Waals surface area contributed by atoms with Crippen LogP contribution in [0.25, 0.3) is 0 Å². The summed E-state index contributed by atoms with van der Waals surface area (Å²) in [5.41, 5.74) is 3.55. The number of amides is 1. The number of pyridine rings is 2. The Morgan fingerprint density at radius 2 is 1.76 bits per heavy atom. The molecule has 0 atom stereocenters. The van der Waals surface area contributed by atoms with Gasteiger partial charge in [-0.25, -0.2) is 4.98 Å². The van der Waals surface area contributed by atoms with Gasteiger partial charge in [-0.2, -0.15) is 0 Å². The number of hydrogen-bond acceptors (Lipinski definition) is 4. The second kappa shape index (κ2) is 8.41. The molecule has 0 aliphatic carbocycles. The molecule has 6 heteroatoms. The highest BCUT2D eigenvalue weighted by molar-refractivity contribution is 6.03. The van der Waals surface area contributed by atoms with Crippen LogP contribution in [0.2, 0.25) is 0 Å². The monoisotopic (exact) mass is 388 g/mol. The van der Waals surface area contributed by atoms with Gasteiger partial charge in [-0.3, -0.25) is 14.5 Å². The van der Waals surface area contributed by atoms with Crippen molar-refractivity contribution in [3.63, 3.8) is 0 Å². The molecule has 0 bridgehead atoms. The highest BCUT2D eigenvalue weighted by atomic mass is 16.2. The van der Waals surface area contributed by atoms with E-state index in [-0.39, 0.29) is 11.1 Å². The maximum absolute atomic E-state index is 12.7. The lowest BCUT2D eigenvalue weighted by molar-refractivity contribution is 0.102. The third-order valence-corrected chi connectivity index (χ3v) is 5.40. The fraction of sp³-hybridized carbons (Fsp3) is 0.261. The van der Waals surface area contributed by atoms with Crippen LogP contribution >= 0.6 is 0 Å². The Hall–Kier alpha value is -3.25. The molecule has 3 aromatic rings. The van der Waals surface area contributed by atoms with Crippen molar-refractivity contribution in [2.75, 3.05) is 18.4 Å². The first-order valence-electron chi connectivity index (χ1n) is 9.82. The minimum absolute atomic E-state index is 0.108. The van der Waals surface area contributed by atoms with E-state index in [1.54, 1.807) is 25.5 Å². The SMILES string of the molecule is Cn1cccc(C(=O)Nc2ncccc2CN2CCc3ccccc3CC2)c1=O. The van der Waals surface area contributed by atoms with Gasteiger partial charge in [0.15, 0.2) is 0 Å². The van der Waals surface area contributed by atoms with Crippen LogP contribution < -0.4 is 10.9 Å². The van der Waals surface area contributed by atoms with Crippen LogP contribution in [0.15, 0.2) is 65.7 Å². The van der Waals surface area contributed by atoms with E-state index in [0.29, 0.717) is 12.4 Å². The summed E-state index contributed by atoms with van der Waals surface area (Å²) in [7, 11) is 1.63. The van der Waals surface area contributed by atoms with Crippen molar-refractivity contribution in [2.45, 2.75) is 19.4 Å². The Morgan fingerprint density at radius 1 is 1.03 bits per heavy atom. The van der Waals surface area contributed by atoms with Gasteiger partial charge in [0.05, 0.1) is 0 Å². The minimum Gasteiger partial charge on any atom is -0.318 e. The van der Waals surface area contributed by atoms with Gasteiger partial charge < -0.3 is 9.88 Å². The van der Waals surface area contributed by atoms with Crippen LogP contribution in [0.3, 0.4) is 0 Å². The number of nitrogens with zero attached hydrogens (tertiary/aromatic N) is 3. The number of carbonyl (C=O) groups excluding carboxylic acids is 1. The molecule has 148 valence electrons. The van der Waals surface area contributed by atoms with Gasteiger partial charge in [0, 0.05) is 44.6 Å². The Morgan fingerprint density at radius 3 is 2.48 bits per heavy atom. The summed E-state index contributed by atoms with van der Waals surface area (Å²) in [6, 6.07) is 15.7. The number of rotatable bonds is 4. The van der Waals surface area contributed by atoms with Crippen LogP contribution in [-0.2, 0) is 26.4 Å². The maximum atomic E-state index is 12.7. The smallest absolute Gasteiger partial charge is 0.263 e. The number of fused-ring (bicyclic) bond motifs is 1. The second-order valence-electron chi connectivity index (χ2n) is 7.35. The first kappa shape index (κ1) is 19.1. The molecule has 1 N–H and O–H groups in total. The van der Waals surface area contributed by atoms with Gasteiger partial charge in [0.2, 0.25) is 0 Å². The molecule has 3 heterocycles. The van der Waals surface area contributed by atoms with Crippen molar-refractivity contribution in [3.05, 3.63) is 93.5 Å².